The van der Waals surface area contributed by atoms with Crippen LogP contribution in [0.2, 0.25) is 0 Å². The summed E-state index contributed by atoms with van der Waals surface area (Å²) in [5.74, 6) is 0.895. The Morgan fingerprint density at radius 1 is 1.32 bits per heavy atom. The molecule has 2 rings (SSSR count). The van der Waals surface area contributed by atoms with Crippen LogP contribution in [0.25, 0.3) is 10.9 Å². The highest BCUT2D eigenvalue weighted by Gasteiger charge is 2.14. The molecule has 1 aromatic heterocycles. The Morgan fingerprint density at radius 3 is 2.68 bits per heavy atom. The molecular formula is C16H19N3. The van der Waals surface area contributed by atoms with E-state index in [1.807, 2.05) is 30.3 Å². The maximum Gasteiger partial charge on any atom is 0.130 e. The van der Waals surface area contributed by atoms with Crippen molar-refractivity contribution >= 4 is 16.7 Å². The lowest BCUT2D eigenvalue weighted by Gasteiger charge is -2.28. The SMILES string of the molecule is CCC(C)N(CC)c1cc(C#N)c2ccccc2n1. The minimum atomic E-state index is 0.421. The molecule has 0 aliphatic rings. The molecule has 0 amide bonds. The largest absolute Gasteiger partial charge is 0.354 e. The Kier molecular flexibility index (Phi) is 4.01. The van der Waals surface area contributed by atoms with Gasteiger partial charge in [0.2, 0.25) is 0 Å². The minimum absolute atomic E-state index is 0.421. The van der Waals surface area contributed by atoms with Crippen molar-refractivity contribution in [3.8, 4) is 6.07 Å². The van der Waals surface area contributed by atoms with Crippen molar-refractivity contribution in [3.63, 3.8) is 0 Å². The fourth-order valence-corrected chi connectivity index (χ4v) is 2.32. The topological polar surface area (TPSA) is 39.9 Å². The molecule has 0 fully saturated rings. The summed E-state index contributed by atoms with van der Waals surface area (Å²) in [5, 5.41) is 10.2. The number of hydrogen-bond acceptors (Lipinski definition) is 3. The number of aromatic nitrogens is 1. The maximum absolute atomic E-state index is 9.31. The van der Waals surface area contributed by atoms with Gasteiger partial charge in [0.25, 0.3) is 0 Å². The van der Waals surface area contributed by atoms with E-state index in [4.69, 9.17) is 4.98 Å². The summed E-state index contributed by atoms with van der Waals surface area (Å²) in [5.41, 5.74) is 1.58. The second-order valence-corrected chi connectivity index (χ2v) is 4.70. The number of fused-ring (bicyclic) bond motifs is 1. The Hall–Kier alpha value is -2.08. The molecule has 0 spiro atoms. The molecule has 19 heavy (non-hydrogen) atoms. The van der Waals surface area contributed by atoms with Crippen molar-refractivity contribution < 1.29 is 0 Å². The summed E-state index contributed by atoms with van der Waals surface area (Å²) in [6.45, 7) is 7.37. The van der Waals surface area contributed by atoms with Gasteiger partial charge in [-0.25, -0.2) is 4.98 Å². The van der Waals surface area contributed by atoms with E-state index in [1.165, 1.54) is 0 Å². The maximum atomic E-state index is 9.31. The van der Waals surface area contributed by atoms with Crippen molar-refractivity contribution in [2.45, 2.75) is 33.2 Å². The fourth-order valence-electron chi connectivity index (χ4n) is 2.32. The molecule has 2 aromatic rings. The molecule has 98 valence electrons. The van der Waals surface area contributed by atoms with E-state index in [2.05, 4.69) is 31.7 Å². The second kappa shape index (κ2) is 5.71. The van der Waals surface area contributed by atoms with Crippen molar-refractivity contribution in [3.05, 3.63) is 35.9 Å². The number of pyridine rings is 1. The van der Waals surface area contributed by atoms with E-state index in [1.54, 1.807) is 0 Å². The van der Waals surface area contributed by atoms with E-state index in [0.29, 0.717) is 11.6 Å². The van der Waals surface area contributed by atoms with Crippen LogP contribution in [0.15, 0.2) is 30.3 Å². The van der Waals surface area contributed by atoms with Gasteiger partial charge in [0.1, 0.15) is 5.82 Å². The van der Waals surface area contributed by atoms with Gasteiger partial charge in [0.05, 0.1) is 17.1 Å². The Labute approximate surface area is 114 Å². The van der Waals surface area contributed by atoms with Crippen LogP contribution in [0.5, 0.6) is 0 Å². The minimum Gasteiger partial charge on any atom is -0.354 e. The predicted molar refractivity (Wildman–Crippen MR) is 79.2 cm³/mol. The Bertz CT molecular complexity index is 613. The number of hydrogen-bond donors (Lipinski definition) is 0. The van der Waals surface area contributed by atoms with Gasteiger partial charge in [-0.3, -0.25) is 0 Å². The molecule has 0 aliphatic heterocycles. The van der Waals surface area contributed by atoms with Gasteiger partial charge in [-0.05, 0) is 32.4 Å². The van der Waals surface area contributed by atoms with Crippen LogP contribution in [-0.4, -0.2) is 17.6 Å². The quantitative estimate of drug-likeness (QED) is 0.833. The Balaban J connectivity index is 2.59. The van der Waals surface area contributed by atoms with E-state index in [9.17, 15) is 5.26 Å². The number of rotatable bonds is 4. The number of nitrogens with zero attached hydrogens (tertiary/aromatic N) is 3. The van der Waals surface area contributed by atoms with Gasteiger partial charge in [0.15, 0.2) is 0 Å². The summed E-state index contributed by atoms with van der Waals surface area (Å²) in [6, 6.07) is 12.4. The van der Waals surface area contributed by atoms with Crippen molar-refractivity contribution in [2.75, 3.05) is 11.4 Å². The first-order chi connectivity index (χ1) is 9.21. The molecule has 1 heterocycles. The standard InChI is InChI=1S/C16H19N3/c1-4-12(3)19(5-2)16-10-13(11-17)14-8-6-7-9-15(14)18-16/h6-10,12H,4-5H2,1-3H3. The number of nitriles is 1. The summed E-state index contributed by atoms with van der Waals surface area (Å²) in [6.07, 6.45) is 1.06. The van der Waals surface area contributed by atoms with Crippen molar-refractivity contribution in [1.82, 2.24) is 4.98 Å². The molecule has 0 saturated heterocycles. The average molecular weight is 253 g/mol. The second-order valence-electron chi connectivity index (χ2n) is 4.70. The third-order valence-electron chi connectivity index (χ3n) is 3.58. The van der Waals surface area contributed by atoms with Crippen LogP contribution in [0.4, 0.5) is 5.82 Å². The average Bonchev–Trinajstić information content (AvgIpc) is 2.46. The highest BCUT2D eigenvalue weighted by Crippen LogP contribution is 2.24. The number of benzene rings is 1. The van der Waals surface area contributed by atoms with Crippen LogP contribution in [0.1, 0.15) is 32.8 Å². The lowest BCUT2D eigenvalue weighted by atomic mass is 10.1. The highest BCUT2D eigenvalue weighted by atomic mass is 15.2. The molecule has 0 N–H and O–H groups in total. The highest BCUT2D eigenvalue weighted by molar-refractivity contribution is 5.86. The van der Waals surface area contributed by atoms with E-state index < -0.39 is 0 Å². The third-order valence-corrected chi connectivity index (χ3v) is 3.58. The zero-order valence-electron chi connectivity index (χ0n) is 11.7. The molecular weight excluding hydrogens is 234 g/mol. The van der Waals surface area contributed by atoms with Gasteiger partial charge >= 0.3 is 0 Å². The molecule has 1 aromatic carbocycles. The smallest absolute Gasteiger partial charge is 0.130 e. The first-order valence-electron chi connectivity index (χ1n) is 6.77. The van der Waals surface area contributed by atoms with E-state index in [-0.39, 0.29) is 0 Å². The van der Waals surface area contributed by atoms with Crippen LogP contribution >= 0.6 is 0 Å². The Morgan fingerprint density at radius 2 is 2.05 bits per heavy atom. The molecule has 1 atom stereocenters. The molecule has 3 nitrogen and oxygen atoms in total. The molecule has 0 radical (unpaired) electrons. The van der Waals surface area contributed by atoms with Crippen LogP contribution in [0.3, 0.4) is 0 Å². The van der Waals surface area contributed by atoms with Gasteiger partial charge in [-0.1, -0.05) is 25.1 Å². The number of anilines is 1. The lowest BCUT2D eigenvalue weighted by Crippen LogP contribution is -2.33. The van der Waals surface area contributed by atoms with E-state index in [0.717, 1.165) is 29.7 Å². The lowest BCUT2D eigenvalue weighted by molar-refractivity contribution is 0.624. The first-order valence-corrected chi connectivity index (χ1v) is 6.77. The molecule has 1 unspecified atom stereocenters. The summed E-state index contributed by atoms with van der Waals surface area (Å²) in [7, 11) is 0. The predicted octanol–water partition coefficient (Wildman–Crippen LogP) is 3.73. The monoisotopic (exact) mass is 253 g/mol. The fraction of sp³-hybridized carbons (Fsp3) is 0.375. The third kappa shape index (κ3) is 2.53. The number of para-hydroxylation sites is 1. The van der Waals surface area contributed by atoms with Crippen molar-refractivity contribution in [2.24, 2.45) is 0 Å². The van der Waals surface area contributed by atoms with E-state index >= 15 is 0 Å². The zero-order valence-corrected chi connectivity index (χ0v) is 11.7. The van der Waals surface area contributed by atoms with Gasteiger partial charge < -0.3 is 4.90 Å². The molecule has 3 heteroatoms. The van der Waals surface area contributed by atoms with Gasteiger partial charge in [-0.15, -0.1) is 0 Å². The summed E-state index contributed by atoms with van der Waals surface area (Å²) < 4.78 is 0. The molecule has 0 aliphatic carbocycles. The van der Waals surface area contributed by atoms with Crippen LogP contribution in [-0.2, 0) is 0 Å². The van der Waals surface area contributed by atoms with Crippen molar-refractivity contribution in [1.29, 1.82) is 5.26 Å². The zero-order chi connectivity index (χ0) is 13.8. The summed E-state index contributed by atoms with van der Waals surface area (Å²) in [4.78, 5) is 6.94. The normalized spacial score (nSPS) is 12.1. The van der Waals surface area contributed by atoms with Crippen LogP contribution in [0, 0.1) is 11.3 Å². The first kappa shape index (κ1) is 13.4. The summed E-state index contributed by atoms with van der Waals surface area (Å²) >= 11 is 0. The van der Waals surface area contributed by atoms with Gasteiger partial charge in [-0.2, -0.15) is 5.26 Å². The van der Waals surface area contributed by atoms with Crippen LogP contribution < -0.4 is 4.90 Å². The molecule has 0 saturated carbocycles. The molecule has 0 bridgehead atoms. The van der Waals surface area contributed by atoms with Gasteiger partial charge in [0, 0.05) is 18.0 Å².